The van der Waals surface area contributed by atoms with Crippen LogP contribution in [-0.4, -0.2) is 37.2 Å². The van der Waals surface area contributed by atoms with Gasteiger partial charge in [0.2, 0.25) is 0 Å². The molecule has 0 aromatic carbocycles. The van der Waals surface area contributed by atoms with Crippen molar-refractivity contribution in [2.75, 3.05) is 31.3 Å². The molecule has 0 unspecified atom stereocenters. The van der Waals surface area contributed by atoms with Crippen LogP contribution in [0.1, 0.15) is 79.1 Å². The maximum atomic E-state index is 11.4. The van der Waals surface area contributed by atoms with Crippen LogP contribution >= 0.6 is 7.26 Å². The zero-order valence-electron chi connectivity index (χ0n) is 16.5. The average molecular weight is 379 g/mol. The van der Waals surface area contributed by atoms with Gasteiger partial charge in [0.25, 0.3) is 0 Å². The zero-order valence-corrected chi connectivity index (χ0v) is 18.2. The molecule has 0 saturated heterocycles. The van der Waals surface area contributed by atoms with Gasteiger partial charge < -0.3 is 17.1 Å². The van der Waals surface area contributed by atoms with E-state index in [0.717, 1.165) is 6.42 Å². The molecule has 0 amide bonds. The smallest absolute Gasteiger partial charge is 0.333 e. The largest absolute Gasteiger partial charge is 1.00 e. The third-order valence-electron chi connectivity index (χ3n) is 4.57. The number of hydrogen-bond donors (Lipinski definition) is 0. The van der Waals surface area contributed by atoms with Crippen molar-refractivity contribution in [3.8, 4) is 0 Å². The van der Waals surface area contributed by atoms with E-state index in [0.29, 0.717) is 12.2 Å². The van der Waals surface area contributed by atoms with Crippen molar-refractivity contribution in [3.05, 3.63) is 12.2 Å². The molecule has 0 aliphatic carbocycles. The van der Waals surface area contributed by atoms with Gasteiger partial charge in [-0.15, -0.1) is 0 Å². The third-order valence-corrected chi connectivity index (χ3v) is 9.63. The minimum Gasteiger partial charge on any atom is -1.00 e. The standard InChI is InChI=1S/C20H40O2P.ClH/c1-6-9-15-23(16-10-7-2,17-11-8-3)18-13-12-14-22-20(21)19(4)5;/h4,6-18H2,1-3,5H3;1H/q+1;/p-1. The molecule has 0 aliphatic heterocycles. The average Bonchev–Trinajstić information content (AvgIpc) is 2.55. The summed E-state index contributed by atoms with van der Waals surface area (Å²) in [5.41, 5.74) is 0.501. The van der Waals surface area contributed by atoms with Crippen LogP contribution in [0.2, 0.25) is 0 Å². The molecule has 0 fully saturated rings. The summed E-state index contributed by atoms with van der Waals surface area (Å²) in [6.07, 6.45) is 16.2. The van der Waals surface area contributed by atoms with Gasteiger partial charge in [-0.25, -0.2) is 4.79 Å². The Kier molecular flexibility index (Phi) is 17.9. The Morgan fingerprint density at radius 3 is 1.62 bits per heavy atom. The summed E-state index contributed by atoms with van der Waals surface area (Å²) in [6.45, 7) is 12.8. The summed E-state index contributed by atoms with van der Waals surface area (Å²) in [7, 11) is -0.787. The quantitative estimate of drug-likeness (QED) is 0.189. The Balaban J connectivity index is 0. The number of hydrogen-bond acceptors (Lipinski definition) is 2. The monoisotopic (exact) mass is 378 g/mol. The number of carbonyl (C=O) groups is 1. The fourth-order valence-corrected chi connectivity index (χ4v) is 8.19. The zero-order chi connectivity index (χ0) is 17.6. The first-order valence-electron chi connectivity index (χ1n) is 9.69. The summed E-state index contributed by atoms with van der Waals surface area (Å²) in [6, 6.07) is 0. The molecule has 0 radical (unpaired) electrons. The van der Waals surface area contributed by atoms with E-state index in [1.54, 1.807) is 6.92 Å². The van der Waals surface area contributed by atoms with Crippen LogP contribution in [0.3, 0.4) is 0 Å². The van der Waals surface area contributed by atoms with E-state index in [-0.39, 0.29) is 18.4 Å². The van der Waals surface area contributed by atoms with Crippen LogP contribution in [0.25, 0.3) is 0 Å². The normalized spacial score (nSPS) is 11.0. The predicted octanol–water partition coefficient (Wildman–Crippen LogP) is 3.31. The first-order valence-corrected chi connectivity index (χ1v) is 12.2. The highest BCUT2D eigenvalue weighted by Gasteiger charge is 2.34. The minimum absolute atomic E-state index is 0. The topological polar surface area (TPSA) is 26.3 Å². The summed E-state index contributed by atoms with van der Waals surface area (Å²) in [4.78, 5) is 11.4. The molecular formula is C20H40ClO2P. The molecule has 0 rings (SSSR count). The molecule has 0 heterocycles. The summed E-state index contributed by atoms with van der Waals surface area (Å²) < 4.78 is 5.24. The van der Waals surface area contributed by atoms with Crippen molar-refractivity contribution in [1.29, 1.82) is 0 Å². The Bertz CT molecular complexity index is 310. The molecule has 0 bridgehead atoms. The van der Waals surface area contributed by atoms with Gasteiger partial charge in [0.1, 0.15) is 0 Å². The van der Waals surface area contributed by atoms with Crippen molar-refractivity contribution in [3.63, 3.8) is 0 Å². The molecule has 0 aromatic rings. The molecule has 0 N–H and O–H groups in total. The number of rotatable bonds is 15. The second-order valence-electron chi connectivity index (χ2n) is 6.92. The molecule has 24 heavy (non-hydrogen) atoms. The molecular weight excluding hydrogens is 339 g/mol. The molecule has 0 aromatic heterocycles. The SMILES string of the molecule is C=C(C)C(=O)OCCCC[P+](CCCC)(CCCC)CCCC.[Cl-]. The van der Waals surface area contributed by atoms with Gasteiger partial charge in [0.05, 0.1) is 31.3 Å². The van der Waals surface area contributed by atoms with Crippen molar-refractivity contribution in [2.24, 2.45) is 0 Å². The van der Waals surface area contributed by atoms with E-state index >= 15 is 0 Å². The Hall–Kier alpha value is -0.0700. The summed E-state index contributed by atoms with van der Waals surface area (Å²) >= 11 is 0. The van der Waals surface area contributed by atoms with E-state index in [9.17, 15) is 4.79 Å². The van der Waals surface area contributed by atoms with Gasteiger partial charge in [-0.05, 0) is 39.0 Å². The molecule has 0 atom stereocenters. The van der Waals surface area contributed by atoms with E-state index < -0.39 is 7.26 Å². The number of carbonyl (C=O) groups excluding carboxylic acids is 1. The predicted molar refractivity (Wildman–Crippen MR) is 106 cm³/mol. The van der Waals surface area contributed by atoms with Gasteiger partial charge in [0, 0.05) is 12.8 Å². The molecule has 0 spiro atoms. The van der Waals surface area contributed by atoms with E-state index in [1.807, 2.05) is 0 Å². The highest BCUT2D eigenvalue weighted by Crippen LogP contribution is 2.61. The van der Waals surface area contributed by atoms with Crippen LogP contribution in [0.15, 0.2) is 12.2 Å². The van der Waals surface area contributed by atoms with Gasteiger partial charge >= 0.3 is 5.97 Å². The second-order valence-corrected chi connectivity index (χ2v) is 11.4. The van der Waals surface area contributed by atoms with Crippen LogP contribution < -0.4 is 12.4 Å². The molecule has 0 aliphatic rings. The van der Waals surface area contributed by atoms with E-state index in [4.69, 9.17) is 4.74 Å². The maximum absolute atomic E-state index is 11.4. The Labute approximate surface area is 157 Å². The molecule has 144 valence electrons. The van der Waals surface area contributed by atoms with E-state index in [2.05, 4.69) is 27.4 Å². The van der Waals surface area contributed by atoms with Crippen molar-refractivity contribution >= 4 is 13.2 Å². The molecule has 2 nitrogen and oxygen atoms in total. The minimum atomic E-state index is -0.787. The summed E-state index contributed by atoms with van der Waals surface area (Å²) in [5.74, 6) is -0.242. The van der Waals surface area contributed by atoms with Gasteiger partial charge in [-0.3, -0.25) is 0 Å². The highest BCUT2D eigenvalue weighted by atomic mass is 35.5. The van der Waals surface area contributed by atoms with Crippen molar-refractivity contribution in [1.82, 2.24) is 0 Å². The highest BCUT2D eigenvalue weighted by molar-refractivity contribution is 7.75. The number of ether oxygens (including phenoxy) is 1. The van der Waals surface area contributed by atoms with E-state index in [1.165, 1.54) is 69.6 Å². The van der Waals surface area contributed by atoms with Gasteiger partial charge in [0.15, 0.2) is 0 Å². The number of halogens is 1. The maximum Gasteiger partial charge on any atom is 0.333 e. The van der Waals surface area contributed by atoms with Crippen molar-refractivity contribution in [2.45, 2.75) is 79.1 Å². The molecule has 0 saturated carbocycles. The lowest BCUT2D eigenvalue weighted by molar-refractivity contribution is -0.139. The number of esters is 1. The molecule has 4 heteroatoms. The Morgan fingerprint density at radius 1 is 0.833 bits per heavy atom. The lowest BCUT2D eigenvalue weighted by Crippen LogP contribution is -3.00. The third kappa shape index (κ3) is 12.3. The fraction of sp³-hybridized carbons (Fsp3) is 0.850. The van der Waals surface area contributed by atoms with Gasteiger partial charge in [-0.2, -0.15) is 0 Å². The Morgan fingerprint density at radius 2 is 1.25 bits per heavy atom. The first-order chi connectivity index (χ1) is 11.0. The lowest BCUT2D eigenvalue weighted by atomic mass is 10.3. The van der Waals surface area contributed by atoms with Crippen molar-refractivity contribution < 1.29 is 21.9 Å². The van der Waals surface area contributed by atoms with Crippen LogP contribution in [0, 0.1) is 0 Å². The number of unbranched alkanes of at least 4 members (excludes halogenated alkanes) is 4. The second kappa shape index (κ2) is 16.4. The summed E-state index contributed by atoms with van der Waals surface area (Å²) in [5, 5.41) is 0. The first kappa shape index (κ1) is 26.2. The van der Waals surface area contributed by atoms with Crippen LogP contribution in [-0.2, 0) is 9.53 Å². The lowest BCUT2D eigenvalue weighted by Gasteiger charge is -2.28. The van der Waals surface area contributed by atoms with Gasteiger partial charge in [-0.1, -0.05) is 46.6 Å². The van der Waals surface area contributed by atoms with Crippen LogP contribution in [0.5, 0.6) is 0 Å². The fourth-order valence-electron chi connectivity index (χ4n) is 2.99. The van der Waals surface area contributed by atoms with Crippen LogP contribution in [0.4, 0.5) is 0 Å².